The van der Waals surface area contributed by atoms with Crippen molar-refractivity contribution in [2.24, 2.45) is 0 Å². The van der Waals surface area contributed by atoms with Crippen molar-refractivity contribution in [1.82, 2.24) is 10.2 Å². The van der Waals surface area contributed by atoms with Gasteiger partial charge in [0.05, 0.1) is 12.8 Å². The summed E-state index contributed by atoms with van der Waals surface area (Å²) in [5, 5.41) is 13.0. The molecule has 0 aliphatic carbocycles. The Hall–Kier alpha value is -2.49. The third-order valence-corrected chi connectivity index (χ3v) is 3.49. The molecule has 0 saturated heterocycles. The molecule has 2 aromatic carbocycles. The maximum atomic E-state index is 5.25. The summed E-state index contributed by atoms with van der Waals surface area (Å²) in [7, 11) is 1.69. The Morgan fingerprint density at radius 2 is 1.90 bits per heavy atom. The van der Waals surface area contributed by atoms with Crippen LogP contribution in [0.1, 0.15) is 13.3 Å². The summed E-state index contributed by atoms with van der Waals surface area (Å²) < 4.78 is 5.25. The molecule has 2 N–H and O–H groups in total. The molecule has 0 bridgehead atoms. The van der Waals surface area contributed by atoms with Crippen LogP contribution in [-0.2, 0) is 0 Å². The van der Waals surface area contributed by atoms with E-state index in [2.05, 4.69) is 46.7 Å². The van der Waals surface area contributed by atoms with Gasteiger partial charge in [0.25, 0.3) is 0 Å². The van der Waals surface area contributed by atoms with Crippen LogP contribution in [-0.4, -0.2) is 23.9 Å². The number of H-pyrrole nitrogens is 1. The minimum Gasteiger partial charge on any atom is -0.497 e. The molecule has 1 aromatic heterocycles. The SMILES string of the molecule is CCCNc1cc(-c2ccc3cc(OC)ccc3c2)[nH]n1. The van der Waals surface area contributed by atoms with Crippen LogP contribution < -0.4 is 10.1 Å². The van der Waals surface area contributed by atoms with Crippen molar-refractivity contribution in [3.8, 4) is 17.0 Å². The molecule has 3 rings (SSSR count). The Morgan fingerprint density at radius 3 is 2.71 bits per heavy atom. The number of nitrogens with zero attached hydrogens (tertiary/aromatic N) is 1. The predicted molar refractivity (Wildman–Crippen MR) is 86.9 cm³/mol. The number of ether oxygens (including phenoxy) is 1. The Bertz CT molecular complexity index is 749. The van der Waals surface area contributed by atoms with E-state index in [0.717, 1.165) is 35.8 Å². The molecule has 0 fully saturated rings. The fourth-order valence-corrected chi connectivity index (χ4v) is 2.33. The van der Waals surface area contributed by atoms with E-state index in [-0.39, 0.29) is 0 Å². The Balaban J connectivity index is 1.91. The molecule has 1 heterocycles. The average molecular weight is 281 g/mol. The highest BCUT2D eigenvalue weighted by Crippen LogP contribution is 2.27. The van der Waals surface area contributed by atoms with Crippen LogP contribution in [0.4, 0.5) is 5.82 Å². The number of methoxy groups -OCH3 is 1. The molecular formula is C17H19N3O. The number of hydrogen-bond acceptors (Lipinski definition) is 3. The lowest BCUT2D eigenvalue weighted by molar-refractivity contribution is 0.415. The summed E-state index contributed by atoms with van der Waals surface area (Å²) in [6.07, 6.45) is 1.08. The van der Waals surface area contributed by atoms with Crippen molar-refractivity contribution in [1.29, 1.82) is 0 Å². The smallest absolute Gasteiger partial charge is 0.148 e. The number of benzene rings is 2. The van der Waals surface area contributed by atoms with Gasteiger partial charge < -0.3 is 10.1 Å². The summed E-state index contributed by atoms with van der Waals surface area (Å²) in [6.45, 7) is 3.07. The summed E-state index contributed by atoms with van der Waals surface area (Å²) in [6, 6.07) is 14.5. The molecule has 0 spiro atoms. The molecule has 108 valence electrons. The zero-order valence-electron chi connectivity index (χ0n) is 12.3. The lowest BCUT2D eigenvalue weighted by Gasteiger charge is -2.04. The molecule has 0 aliphatic rings. The third-order valence-electron chi connectivity index (χ3n) is 3.49. The van der Waals surface area contributed by atoms with Gasteiger partial charge in [0.15, 0.2) is 0 Å². The van der Waals surface area contributed by atoms with Gasteiger partial charge >= 0.3 is 0 Å². The predicted octanol–water partition coefficient (Wildman–Crippen LogP) is 4.06. The molecule has 0 radical (unpaired) electrons. The number of rotatable bonds is 5. The number of nitrogens with one attached hydrogen (secondary N) is 2. The van der Waals surface area contributed by atoms with Crippen LogP contribution in [0.2, 0.25) is 0 Å². The van der Waals surface area contributed by atoms with Gasteiger partial charge in [-0.25, -0.2) is 0 Å². The highest BCUT2D eigenvalue weighted by Gasteiger charge is 2.05. The lowest BCUT2D eigenvalue weighted by atomic mass is 10.0. The fraction of sp³-hybridized carbons (Fsp3) is 0.235. The minimum atomic E-state index is 0.878. The Kier molecular flexibility index (Phi) is 3.77. The van der Waals surface area contributed by atoms with Crippen LogP contribution in [0.25, 0.3) is 22.0 Å². The lowest BCUT2D eigenvalue weighted by Crippen LogP contribution is -1.99. The molecule has 21 heavy (non-hydrogen) atoms. The molecule has 0 saturated carbocycles. The van der Waals surface area contributed by atoms with Crippen molar-refractivity contribution in [2.75, 3.05) is 19.0 Å². The summed E-state index contributed by atoms with van der Waals surface area (Å²) in [5.41, 5.74) is 2.15. The van der Waals surface area contributed by atoms with Gasteiger partial charge in [-0.3, -0.25) is 5.10 Å². The van der Waals surface area contributed by atoms with Crippen LogP contribution in [0.5, 0.6) is 5.75 Å². The molecular weight excluding hydrogens is 262 g/mol. The summed E-state index contributed by atoms with van der Waals surface area (Å²) in [5.74, 6) is 1.77. The van der Waals surface area contributed by atoms with E-state index in [0.29, 0.717) is 0 Å². The van der Waals surface area contributed by atoms with Gasteiger partial charge in [-0.2, -0.15) is 5.10 Å². The second-order valence-electron chi connectivity index (χ2n) is 5.02. The largest absolute Gasteiger partial charge is 0.497 e. The maximum Gasteiger partial charge on any atom is 0.148 e. The molecule has 4 nitrogen and oxygen atoms in total. The molecule has 4 heteroatoms. The van der Waals surface area contributed by atoms with Gasteiger partial charge in [0, 0.05) is 18.2 Å². The third kappa shape index (κ3) is 2.84. The highest BCUT2D eigenvalue weighted by atomic mass is 16.5. The summed E-state index contributed by atoms with van der Waals surface area (Å²) in [4.78, 5) is 0. The molecule has 3 aromatic rings. The van der Waals surface area contributed by atoms with E-state index in [1.165, 1.54) is 10.8 Å². The van der Waals surface area contributed by atoms with Gasteiger partial charge in [-0.05, 0) is 35.4 Å². The first-order valence-electron chi connectivity index (χ1n) is 7.17. The fourth-order valence-electron chi connectivity index (χ4n) is 2.33. The minimum absolute atomic E-state index is 0.878. The van der Waals surface area contributed by atoms with Crippen molar-refractivity contribution >= 4 is 16.6 Å². The second-order valence-corrected chi connectivity index (χ2v) is 5.02. The topological polar surface area (TPSA) is 49.9 Å². The van der Waals surface area contributed by atoms with Crippen molar-refractivity contribution in [2.45, 2.75) is 13.3 Å². The van der Waals surface area contributed by atoms with Gasteiger partial charge in [-0.15, -0.1) is 0 Å². The molecule has 0 unspecified atom stereocenters. The number of anilines is 1. The van der Waals surface area contributed by atoms with E-state index in [1.807, 2.05) is 18.2 Å². The first-order chi connectivity index (χ1) is 10.3. The average Bonchev–Trinajstić information content (AvgIpc) is 3.00. The van der Waals surface area contributed by atoms with Crippen LogP contribution in [0, 0.1) is 0 Å². The van der Waals surface area contributed by atoms with Crippen molar-refractivity contribution < 1.29 is 4.74 Å². The quantitative estimate of drug-likeness (QED) is 0.741. The first-order valence-corrected chi connectivity index (χ1v) is 7.17. The van der Waals surface area contributed by atoms with Crippen LogP contribution >= 0.6 is 0 Å². The number of aromatic amines is 1. The van der Waals surface area contributed by atoms with E-state index < -0.39 is 0 Å². The molecule has 0 atom stereocenters. The normalized spacial score (nSPS) is 10.8. The van der Waals surface area contributed by atoms with Crippen molar-refractivity contribution in [3.05, 3.63) is 42.5 Å². The zero-order chi connectivity index (χ0) is 14.7. The zero-order valence-corrected chi connectivity index (χ0v) is 12.3. The van der Waals surface area contributed by atoms with E-state index in [1.54, 1.807) is 7.11 Å². The maximum absolute atomic E-state index is 5.25. The first kappa shape index (κ1) is 13.5. The van der Waals surface area contributed by atoms with Gasteiger partial charge in [0.1, 0.15) is 11.6 Å². The van der Waals surface area contributed by atoms with Gasteiger partial charge in [-0.1, -0.05) is 25.1 Å². The second kappa shape index (κ2) is 5.87. The van der Waals surface area contributed by atoms with Crippen molar-refractivity contribution in [3.63, 3.8) is 0 Å². The van der Waals surface area contributed by atoms with Crippen LogP contribution in [0.15, 0.2) is 42.5 Å². The molecule has 0 amide bonds. The van der Waals surface area contributed by atoms with E-state index in [9.17, 15) is 0 Å². The summed E-state index contributed by atoms with van der Waals surface area (Å²) >= 11 is 0. The number of fused-ring (bicyclic) bond motifs is 1. The highest BCUT2D eigenvalue weighted by molar-refractivity contribution is 5.88. The van der Waals surface area contributed by atoms with E-state index >= 15 is 0 Å². The number of hydrogen-bond donors (Lipinski definition) is 2. The standard InChI is InChI=1S/C17H19N3O/c1-3-8-18-17-11-16(19-20-17)14-5-4-13-10-15(21-2)7-6-12(13)9-14/h4-7,9-11H,3,8H2,1-2H3,(H2,18,19,20). The van der Waals surface area contributed by atoms with E-state index in [4.69, 9.17) is 4.74 Å². The monoisotopic (exact) mass is 281 g/mol. The van der Waals surface area contributed by atoms with Gasteiger partial charge in [0.2, 0.25) is 0 Å². The number of aromatic nitrogens is 2. The molecule has 0 aliphatic heterocycles. The van der Waals surface area contributed by atoms with Crippen LogP contribution in [0.3, 0.4) is 0 Å². The Morgan fingerprint density at radius 1 is 1.10 bits per heavy atom. The Labute approximate surface area is 124 Å².